The normalized spacial score (nSPS) is 11.9. The van der Waals surface area contributed by atoms with Crippen LogP contribution in [-0.2, 0) is 14.2 Å². The van der Waals surface area contributed by atoms with Crippen LogP contribution in [0.2, 0.25) is 0 Å². The molecule has 0 saturated heterocycles. The Bertz CT molecular complexity index is 748. The number of aromatic nitrogens is 3. The Hall–Kier alpha value is -2.97. The van der Waals surface area contributed by atoms with Crippen LogP contribution in [0.5, 0.6) is 0 Å². The molecule has 1 atom stereocenters. The lowest BCUT2D eigenvalue weighted by Crippen LogP contribution is -2.20. The van der Waals surface area contributed by atoms with E-state index in [4.69, 9.17) is 9.47 Å². The molecule has 0 aromatic carbocycles. The summed E-state index contributed by atoms with van der Waals surface area (Å²) in [5, 5.41) is 0. The number of carbonyl (C=O) groups is 2. The molecule has 2 aromatic rings. The Morgan fingerprint density at radius 3 is 2.58 bits per heavy atom. The summed E-state index contributed by atoms with van der Waals surface area (Å²) < 4.78 is 29.4. The van der Waals surface area contributed by atoms with Crippen molar-refractivity contribution < 1.29 is 28.2 Å². The molecule has 0 N–H and O–H groups in total. The van der Waals surface area contributed by atoms with Gasteiger partial charge in [0.1, 0.15) is 0 Å². The number of halogens is 1. The summed E-state index contributed by atoms with van der Waals surface area (Å²) in [5.74, 6) is -1.86. The molecule has 0 unspecified atom stereocenters. The highest BCUT2D eigenvalue weighted by Crippen LogP contribution is 2.20. The number of esters is 1. The van der Waals surface area contributed by atoms with E-state index in [1.165, 1.54) is 10.9 Å². The highest BCUT2D eigenvalue weighted by Gasteiger charge is 2.25. The predicted octanol–water partition coefficient (Wildman–Crippen LogP) is 2.95. The van der Waals surface area contributed by atoms with Crippen molar-refractivity contribution in [1.82, 2.24) is 14.5 Å². The van der Waals surface area contributed by atoms with Crippen LogP contribution in [0, 0.1) is 11.9 Å². The van der Waals surface area contributed by atoms with Crippen molar-refractivity contribution in [3.05, 3.63) is 48.1 Å². The molecule has 0 fully saturated rings. The monoisotopic (exact) mass is 365 g/mol. The Morgan fingerprint density at radius 2 is 1.92 bits per heavy atom. The van der Waals surface area contributed by atoms with Crippen LogP contribution in [0.1, 0.15) is 43.0 Å². The fourth-order valence-corrected chi connectivity index (χ4v) is 2.06. The van der Waals surface area contributed by atoms with Crippen LogP contribution in [0.15, 0.2) is 30.7 Å². The van der Waals surface area contributed by atoms with Crippen LogP contribution in [0.3, 0.4) is 0 Å². The van der Waals surface area contributed by atoms with Crippen LogP contribution >= 0.6 is 0 Å². The predicted molar refractivity (Wildman–Crippen MR) is 87.8 cm³/mol. The zero-order chi connectivity index (χ0) is 19.1. The molecule has 2 heterocycles. The zero-order valence-electron chi connectivity index (χ0n) is 14.7. The highest BCUT2D eigenvalue weighted by atomic mass is 19.1. The Labute approximate surface area is 149 Å². The van der Waals surface area contributed by atoms with Gasteiger partial charge in [-0.15, -0.1) is 0 Å². The standard InChI is InChI=1S/C17H20FN3O5/c1-11(2)8-24-17(23)26-10-25-16(22)14-15(18)20-9-21(14)12(3)13-6-4-5-7-19-13/h4-7,9,11-12H,8,10H2,1-3H3/t12-/m1/s1. The maximum atomic E-state index is 13.9. The molecular formula is C17H20FN3O5. The molecule has 0 aliphatic carbocycles. The molecule has 26 heavy (non-hydrogen) atoms. The van der Waals surface area contributed by atoms with Crippen LogP contribution in [0.4, 0.5) is 9.18 Å². The van der Waals surface area contributed by atoms with E-state index in [0.717, 1.165) is 0 Å². The molecule has 0 spiro atoms. The maximum Gasteiger partial charge on any atom is 0.511 e. The number of hydrogen-bond donors (Lipinski definition) is 0. The molecule has 0 aliphatic heterocycles. The summed E-state index contributed by atoms with van der Waals surface area (Å²) in [5.41, 5.74) is 0.231. The SMILES string of the molecule is CC(C)COC(=O)OCOC(=O)c1c(F)ncn1[C@H](C)c1ccccn1. The highest BCUT2D eigenvalue weighted by molar-refractivity contribution is 5.87. The molecule has 0 bridgehead atoms. The van der Waals surface area contributed by atoms with Crippen molar-refractivity contribution in [2.75, 3.05) is 13.4 Å². The van der Waals surface area contributed by atoms with Crippen LogP contribution < -0.4 is 0 Å². The molecule has 2 aromatic heterocycles. The van der Waals surface area contributed by atoms with Crippen molar-refractivity contribution in [3.63, 3.8) is 0 Å². The van der Waals surface area contributed by atoms with Gasteiger partial charge >= 0.3 is 12.1 Å². The molecular weight excluding hydrogens is 345 g/mol. The first-order valence-corrected chi connectivity index (χ1v) is 8.00. The molecule has 9 heteroatoms. The first-order chi connectivity index (χ1) is 12.4. The maximum absolute atomic E-state index is 13.9. The molecule has 2 rings (SSSR count). The number of nitrogens with zero attached hydrogens (tertiary/aromatic N) is 3. The van der Waals surface area contributed by atoms with E-state index in [1.54, 1.807) is 31.3 Å². The molecule has 0 radical (unpaired) electrons. The average molecular weight is 365 g/mol. The minimum atomic E-state index is -1.01. The minimum absolute atomic E-state index is 0.140. The lowest BCUT2D eigenvalue weighted by atomic mass is 10.2. The fourth-order valence-electron chi connectivity index (χ4n) is 2.06. The number of rotatable bonds is 7. The van der Waals surface area contributed by atoms with Gasteiger partial charge in [0, 0.05) is 6.20 Å². The second-order valence-electron chi connectivity index (χ2n) is 5.87. The van der Waals surface area contributed by atoms with E-state index < -0.39 is 30.9 Å². The van der Waals surface area contributed by atoms with Gasteiger partial charge < -0.3 is 18.8 Å². The second kappa shape index (κ2) is 8.93. The number of hydrogen-bond acceptors (Lipinski definition) is 7. The van der Waals surface area contributed by atoms with Gasteiger partial charge in [-0.2, -0.15) is 4.39 Å². The number of carbonyl (C=O) groups excluding carboxylic acids is 2. The lowest BCUT2D eigenvalue weighted by Gasteiger charge is -2.15. The van der Waals surface area contributed by atoms with Gasteiger partial charge in [0.05, 0.1) is 24.7 Å². The number of ether oxygens (including phenoxy) is 3. The first-order valence-electron chi connectivity index (χ1n) is 8.00. The average Bonchev–Trinajstić information content (AvgIpc) is 3.01. The summed E-state index contributed by atoms with van der Waals surface area (Å²) in [4.78, 5) is 31.1. The van der Waals surface area contributed by atoms with Crippen molar-refractivity contribution in [2.24, 2.45) is 5.92 Å². The quantitative estimate of drug-likeness (QED) is 0.550. The topological polar surface area (TPSA) is 92.5 Å². The summed E-state index contributed by atoms with van der Waals surface area (Å²) in [6.45, 7) is 4.94. The Morgan fingerprint density at radius 1 is 1.15 bits per heavy atom. The van der Waals surface area contributed by atoms with Crippen molar-refractivity contribution >= 4 is 12.1 Å². The van der Waals surface area contributed by atoms with E-state index in [9.17, 15) is 14.0 Å². The Balaban J connectivity index is 1.99. The van der Waals surface area contributed by atoms with Gasteiger partial charge in [-0.1, -0.05) is 19.9 Å². The molecule has 0 aliphatic rings. The van der Waals surface area contributed by atoms with E-state index >= 15 is 0 Å². The molecule has 0 saturated carbocycles. The van der Waals surface area contributed by atoms with Gasteiger partial charge in [0.15, 0.2) is 5.69 Å². The number of imidazole rings is 1. The van der Waals surface area contributed by atoms with Gasteiger partial charge in [-0.3, -0.25) is 4.98 Å². The van der Waals surface area contributed by atoms with Crippen molar-refractivity contribution in [1.29, 1.82) is 0 Å². The van der Waals surface area contributed by atoms with Crippen molar-refractivity contribution in [2.45, 2.75) is 26.8 Å². The summed E-state index contributed by atoms with van der Waals surface area (Å²) in [6, 6.07) is 4.81. The Kier molecular flexibility index (Phi) is 6.65. The van der Waals surface area contributed by atoms with E-state index in [2.05, 4.69) is 14.7 Å². The third-order valence-electron chi connectivity index (χ3n) is 3.38. The summed E-state index contributed by atoms with van der Waals surface area (Å²) >= 11 is 0. The van der Waals surface area contributed by atoms with E-state index in [-0.39, 0.29) is 18.2 Å². The van der Waals surface area contributed by atoms with E-state index in [1.807, 2.05) is 13.8 Å². The smallest absolute Gasteiger partial charge is 0.434 e. The largest absolute Gasteiger partial charge is 0.511 e. The lowest BCUT2D eigenvalue weighted by molar-refractivity contribution is -0.0304. The summed E-state index contributed by atoms with van der Waals surface area (Å²) in [6.07, 6.45) is 1.80. The molecule has 140 valence electrons. The third kappa shape index (κ3) is 5.01. The zero-order valence-corrected chi connectivity index (χ0v) is 14.7. The van der Waals surface area contributed by atoms with Crippen molar-refractivity contribution in [3.8, 4) is 0 Å². The molecule has 8 nitrogen and oxygen atoms in total. The van der Waals surface area contributed by atoms with Crippen LogP contribution in [0.25, 0.3) is 0 Å². The third-order valence-corrected chi connectivity index (χ3v) is 3.38. The number of pyridine rings is 1. The van der Waals surface area contributed by atoms with Gasteiger partial charge in [0.2, 0.25) is 12.7 Å². The fraction of sp³-hybridized carbons (Fsp3) is 0.412. The van der Waals surface area contributed by atoms with Gasteiger partial charge in [-0.05, 0) is 25.0 Å². The first kappa shape index (κ1) is 19.4. The van der Waals surface area contributed by atoms with Crippen LogP contribution in [-0.4, -0.2) is 40.1 Å². The second-order valence-corrected chi connectivity index (χ2v) is 5.87. The molecule has 0 amide bonds. The minimum Gasteiger partial charge on any atom is -0.434 e. The van der Waals surface area contributed by atoms with E-state index in [0.29, 0.717) is 5.69 Å². The summed E-state index contributed by atoms with van der Waals surface area (Å²) in [7, 11) is 0. The van der Waals surface area contributed by atoms with Gasteiger partial charge in [0.25, 0.3) is 0 Å². The van der Waals surface area contributed by atoms with Gasteiger partial charge in [-0.25, -0.2) is 14.6 Å².